The van der Waals surface area contributed by atoms with E-state index in [1.165, 1.54) is 10.9 Å². The predicted octanol–water partition coefficient (Wildman–Crippen LogP) is 4.49. The Balaban J connectivity index is 1.38. The molecule has 3 aromatic rings. The molecule has 2 aromatic carbocycles. The molecule has 5 rings (SSSR count). The molecule has 2 aliphatic heterocycles. The van der Waals surface area contributed by atoms with Crippen LogP contribution in [0.3, 0.4) is 0 Å². The van der Waals surface area contributed by atoms with E-state index in [1.54, 1.807) is 24.3 Å². The van der Waals surface area contributed by atoms with E-state index in [2.05, 4.69) is 10.1 Å². The number of amidine groups is 1. The third-order valence-electron chi connectivity index (χ3n) is 6.54. The largest absolute Gasteiger partial charge is 0.416 e. The van der Waals surface area contributed by atoms with Crippen LogP contribution in [0, 0.1) is 0 Å². The van der Waals surface area contributed by atoms with E-state index in [9.17, 15) is 36.2 Å². The Bertz CT molecular complexity index is 1500. The number of aliphatic hydroxyl groups excluding tert-OH is 1. The lowest BCUT2D eigenvalue weighted by atomic mass is 10.0. The molecule has 1 amide bonds. The molecular formula is C25H21F6N5O2S. The van der Waals surface area contributed by atoms with Crippen LogP contribution in [0.25, 0.3) is 17.0 Å². The first kappa shape index (κ1) is 27.2. The number of aliphatic imine (C=N–C) groups is 1. The topological polar surface area (TPSA) is 96.7 Å². The SMILES string of the molecule is N[C@@H]1CC(CO)N(C2=NC(=O)/C(=C/c3ccc4c(cnn4Cc4ccc(C(F)(F)F)cc4C(F)(F)F)c3)S2)C1. The number of carbonyl (C=O) groups is 1. The molecule has 7 nitrogen and oxygen atoms in total. The maximum Gasteiger partial charge on any atom is 0.416 e. The summed E-state index contributed by atoms with van der Waals surface area (Å²) in [6.45, 7) is -0.0394. The van der Waals surface area contributed by atoms with Crippen molar-refractivity contribution in [2.24, 2.45) is 10.7 Å². The number of carbonyl (C=O) groups excluding carboxylic acids is 1. The molecule has 2 aliphatic rings. The summed E-state index contributed by atoms with van der Waals surface area (Å²) in [5.74, 6) is -0.440. The van der Waals surface area contributed by atoms with Crippen LogP contribution in [0.15, 0.2) is 52.5 Å². The van der Waals surface area contributed by atoms with Crippen molar-refractivity contribution in [3.05, 3.63) is 69.8 Å². The first-order valence-corrected chi connectivity index (χ1v) is 12.5. The Morgan fingerprint density at radius 3 is 2.56 bits per heavy atom. The van der Waals surface area contributed by atoms with Crippen molar-refractivity contribution in [3.63, 3.8) is 0 Å². The van der Waals surface area contributed by atoms with Crippen molar-refractivity contribution in [2.45, 2.75) is 37.4 Å². The molecule has 206 valence electrons. The third kappa shape index (κ3) is 5.54. The summed E-state index contributed by atoms with van der Waals surface area (Å²) in [5.41, 5.74) is 3.95. The smallest absolute Gasteiger partial charge is 0.394 e. The van der Waals surface area contributed by atoms with Crippen LogP contribution in [-0.2, 0) is 23.7 Å². The Kier molecular flexibility index (Phi) is 6.97. The third-order valence-corrected chi connectivity index (χ3v) is 7.56. The van der Waals surface area contributed by atoms with Crippen LogP contribution in [0.5, 0.6) is 0 Å². The minimum Gasteiger partial charge on any atom is -0.394 e. The fourth-order valence-corrected chi connectivity index (χ4v) is 5.66. The van der Waals surface area contributed by atoms with E-state index in [4.69, 9.17) is 5.73 Å². The van der Waals surface area contributed by atoms with Crippen molar-refractivity contribution in [1.82, 2.24) is 14.7 Å². The molecule has 3 heterocycles. The van der Waals surface area contributed by atoms with Crippen LogP contribution < -0.4 is 5.73 Å². The lowest BCUT2D eigenvalue weighted by Gasteiger charge is -2.23. The van der Waals surface area contributed by atoms with Crippen molar-refractivity contribution in [2.75, 3.05) is 13.2 Å². The fourth-order valence-electron chi connectivity index (χ4n) is 4.67. The fraction of sp³-hybridized carbons (Fsp3) is 0.320. The first-order chi connectivity index (χ1) is 18.3. The molecule has 1 saturated heterocycles. The molecule has 3 N–H and O–H groups in total. The van der Waals surface area contributed by atoms with Gasteiger partial charge in [-0.05, 0) is 59.7 Å². The van der Waals surface area contributed by atoms with Gasteiger partial charge in [0.15, 0.2) is 5.17 Å². The summed E-state index contributed by atoms with van der Waals surface area (Å²) in [6, 6.07) is 6.13. The number of hydrogen-bond acceptors (Lipinski definition) is 6. The monoisotopic (exact) mass is 569 g/mol. The van der Waals surface area contributed by atoms with Gasteiger partial charge < -0.3 is 15.7 Å². The average molecular weight is 570 g/mol. The van der Waals surface area contributed by atoms with Gasteiger partial charge in [-0.3, -0.25) is 9.48 Å². The van der Waals surface area contributed by atoms with Gasteiger partial charge in [0.1, 0.15) is 0 Å². The van der Waals surface area contributed by atoms with Crippen LogP contribution in [0.2, 0.25) is 0 Å². The maximum atomic E-state index is 13.6. The second-order valence-corrected chi connectivity index (χ2v) is 10.3. The molecular weight excluding hydrogens is 548 g/mol. The number of aliphatic hydroxyl groups is 1. The number of thioether (sulfide) groups is 1. The summed E-state index contributed by atoms with van der Waals surface area (Å²) in [4.78, 5) is 18.8. The molecule has 1 fully saturated rings. The highest BCUT2D eigenvalue weighted by Crippen LogP contribution is 2.38. The minimum absolute atomic E-state index is 0.108. The molecule has 2 atom stereocenters. The lowest BCUT2D eigenvalue weighted by molar-refractivity contribution is -0.143. The van der Waals surface area contributed by atoms with Crippen LogP contribution in [0.1, 0.15) is 28.7 Å². The molecule has 39 heavy (non-hydrogen) atoms. The molecule has 0 bridgehead atoms. The lowest BCUT2D eigenvalue weighted by Crippen LogP contribution is -2.36. The van der Waals surface area contributed by atoms with Crippen LogP contribution in [0.4, 0.5) is 26.3 Å². The summed E-state index contributed by atoms with van der Waals surface area (Å²) < 4.78 is 80.9. The summed E-state index contributed by atoms with van der Waals surface area (Å²) in [7, 11) is 0. The van der Waals surface area contributed by atoms with Crippen molar-refractivity contribution < 1.29 is 36.2 Å². The van der Waals surface area contributed by atoms with Gasteiger partial charge >= 0.3 is 12.4 Å². The number of nitrogens with zero attached hydrogens (tertiary/aromatic N) is 4. The van der Waals surface area contributed by atoms with Gasteiger partial charge in [0.2, 0.25) is 0 Å². The van der Waals surface area contributed by atoms with Gasteiger partial charge in [-0.2, -0.15) is 36.4 Å². The zero-order valence-electron chi connectivity index (χ0n) is 20.0. The highest BCUT2D eigenvalue weighted by Gasteiger charge is 2.38. The standard InChI is InChI=1S/C25H21F6N5O2S/c26-24(27,28)16-3-2-14(19(7-16)25(29,30)31)10-36-20-4-1-13(5-15(20)9-33-36)6-21-22(38)34-23(39-21)35-11-17(32)8-18(35)12-37/h1-7,9,17-18,37H,8,10-12,32H2/b21-6-/t17-,18?/m1/s1. The van der Waals surface area contributed by atoms with Gasteiger partial charge in [-0.1, -0.05) is 12.1 Å². The zero-order valence-corrected chi connectivity index (χ0v) is 20.8. The Hall–Kier alpha value is -3.36. The van der Waals surface area contributed by atoms with Gasteiger partial charge in [0.25, 0.3) is 5.91 Å². The minimum atomic E-state index is -4.98. The number of rotatable bonds is 4. The molecule has 0 aliphatic carbocycles. The summed E-state index contributed by atoms with van der Waals surface area (Å²) in [5, 5.41) is 14.8. The number of aromatic nitrogens is 2. The number of alkyl halides is 6. The number of halogens is 6. The predicted molar refractivity (Wildman–Crippen MR) is 133 cm³/mol. The van der Waals surface area contributed by atoms with E-state index in [0.717, 1.165) is 17.8 Å². The van der Waals surface area contributed by atoms with E-state index in [0.29, 0.717) is 45.6 Å². The van der Waals surface area contributed by atoms with E-state index in [1.807, 2.05) is 4.90 Å². The number of likely N-dealkylation sites (tertiary alicyclic amines) is 1. The van der Waals surface area contributed by atoms with E-state index in [-0.39, 0.29) is 30.3 Å². The highest BCUT2D eigenvalue weighted by molar-refractivity contribution is 8.18. The average Bonchev–Trinajstić information content (AvgIpc) is 3.54. The van der Waals surface area contributed by atoms with Crippen LogP contribution in [-0.4, -0.2) is 56.1 Å². The van der Waals surface area contributed by atoms with Gasteiger partial charge in [-0.15, -0.1) is 0 Å². The second-order valence-electron chi connectivity index (χ2n) is 9.28. The van der Waals surface area contributed by atoms with Crippen molar-refractivity contribution in [3.8, 4) is 0 Å². The molecule has 0 spiro atoms. The first-order valence-electron chi connectivity index (χ1n) is 11.7. The van der Waals surface area contributed by atoms with Gasteiger partial charge in [0, 0.05) is 18.0 Å². The summed E-state index contributed by atoms with van der Waals surface area (Å²) >= 11 is 1.16. The van der Waals surface area contributed by atoms with E-state index < -0.39 is 35.9 Å². The van der Waals surface area contributed by atoms with Crippen molar-refractivity contribution >= 4 is 39.8 Å². The highest BCUT2D eigenvalue weighted by atomic mass is 32.2. The number of hydrogen-bond donors (Lipinski definition) is 2. The number of amides is 1. The second kappa shape index (κ2) is 9.99. The van der Waals surface area contributed by atoms with Crippen molar-refractivity contribution in [1.29, 1.82) is 0 Å². The molecule has 14 heteroatoms. The normalized spacial score (nSPS) is 21.4. The van der Waals surface area contributed by atoms with E-state index >= 15 is 0 Å². The molecule has 0 saturated carbocycles. The quantitative estimate of drug-likeness (QED) is 0.355. The Morgan fingerprint density at radius 2 is 1.87 bits per heavy atom. The number of fused-ring (bicyclic) bond motifs is 1. The molecule has 1 aromatic heterocycles. The Labute approximate surface area is 222 Å². The summed E-state index contributed by atoms with van der Waals surface area (Å²) in [6.07, 6.45) is -6.25. The number of benzene rings is 2. The zero-order chi connectivity index (χ0) is 28.1. The number of nitrogens with two attached hydrogens (primary N) is 1. The molecule has 1 unspecified atom stereocenters. The Morgan fingerprint density at radius 1 is 1.10 bits per heavy atom. The molecule has 0 radical (unpaired) electrons. The van der Waals surface area contributed by atoms with Gasteiger partial charge in [0.05, 0.1) is 46.9 Å². The van der Waals surface area contributed by atoms with Crippen LogP contribution >= 0.6 is 11.8 Å². The maximum absolute atomic E-state index is 13.6. The van der Waals surface area contributed by atoms with Gasteiger partial charge in [-0.25, -0.2) is 0 Å².